The molecule has 0 unspecified atom stereocenters. The van der Waals surface area contributed by atoms with Crippen LogP contribution in [-0.4, -0.2) is 36.7 Å². The van der Waals surface area contributed by atoms with E-state index in [2.05, 4.69) is 10.6 Å². The number of ether oxygens (including phenoxy) is 1. The van der Waals surface area contributed by atoms with E-state index >= 15 is 0 Å². The van der Waals surface area contributed by atoms with Gasteiger partial charge >= 0.3 is 6.03 Å². The number of hydrogen-bond acceptors (Lipinski definition) is 3. The molecular formula is C16H23FN2O2S. The van der Waals surface area contributed by atoms with Gasteiger partial charge in [-0.2, -0.15) is 11.8 Å². The topological polar surface area (TPSA) is 50.4 Å². The number of nitrogens with one attached hydrogen (secondary N) is 2. The average Bonchev–Trinajstić information content (AvgIpc) is 2.50. The maximum Gasteiger partial charge on any atom is 0.315 e. The molecule has 1 heterocycles. The molecule has 1 aromatic rings. The van der Waals surface area contributed by atoms with Gasteiger partial charge in [-0.25, -0.2) is 9.18 Å². The zero-order valence-electron chi connectivity index (χ0n) is 13.0. The van der Waals surface area contributed by atoms with E-state index in [-0.39, 0.29) is 23.9 Å². The molecule has 0 radical (unpaired) electrons. The Bertz CT molecular complexity index is 495. The van der Waals surface area contributed by atoms with Gasteiger partial charge in [-0.1, -0.05) is 18.2 Å². The number of thioether (sulfide) groups is 1. The second kappa shape index (κ2) is 8.39. The highest BCUT2D eigenvalue weighted by atomic mass is 32.2. The van der Waals surface area contributed by atoms with Gasteiger partial charge in [0.05, 0.1) is 6.04 Å². The summed E-state index contributed by atoms with van der Waals surface area (Å²) in [7, 11) is 1.52. The zero-order chi connectivity index (χ0) is 15.9. The number of carbonyl (C=O) groups is 1. The maximum absolute atomic E-state index is 13.9. The molecule has 2 atom stereocenters. The SMILES string of the molecule is CO[C@H](c1ccccc1F)[C@@H](C)NC(=O)NC1CCSCC1. The fourth-order valence-corrected chi connectivity index (χ4v) is 3.76. The van der Waals surface area contributed by atoms with Gasteiger partial charge in [-0.05, 0) is 37.3 Å². The number of urea groups is 1. The van der Waals surface area contributed by atoms with Gasteiger partial charge in [0.1, 0.15) is 11.9 Å². The molecular weight excluding hydrogens is 303 g/mol. The summed E-state index contributed by atoms with van der Waals surface area (Å²) in [6.07, 6.45) is 1.47. The van der Waals surface area contributed by atoms with Crippen molar-refractivity contribution >= 4 is 17.8 Å². The first-order valence-corrected chi connectivity index (χ1v) is 8.69. The third-order valence-corrected chi connectivity index (χ3v) is 4.88. The molecule has 1 saturated heterocycles. The first-order valence-electron chi connectivity index (χ1n) is 7.53. The van der Waals surface area contributed by atoms with E-state index in [0.717, 1.165) is 24.3 Å². The Kier molecular flexibility index (Phi) is 6.51. The molecule has 0 spiro atoms. The van der Waals surface area contributed by atoms with Crippen LogP contribution in [0.1, 0.15) is 31.4 Å². The van der Waals surface area contributed by atoms with Crippen molar-refractivity contribution < 1.29 is 13.9 Å². The summed E-state index contributed by atoms with van der Waals surface area (Å²) in [6, 6.07) is 6.14. The van der Waals surface area contributed by atoms with Gasteiger partial charge < -0.3 is 15.4 Å². The molecule has 1 fully saturated rings. The lowest BCUT2D eigenvalue weighted by atomic mass is 10.0. The Morgan fingerprint density at radius 2 is 2.05 bits per heavy atom. The summed E-state index contributed by atoms with van der Waals surface area (Å²) in [5, 5.41) is 5.84. The van der Waals surface area contributed by atoms with Crippen molar-refractivity contribution in [1.29, 1.82) is 0 Å². The second-order valence-electron chi connectivity index (χ2n) is 5.47. The molecule has 22 heavy (non-hydrogen) atoms. The number of benzene rings is 1. The number of carbonyl (C=O) groups excluding carboxylic acids is 1. The van der Waals surface area contributed by atoms with Gasteiger partial charge in [-0.3, -0.25) is 0 Å². The predicted octanol–water partition coefficient (Wildman–Crippen LogP) is 3.10. The summed E-state index contributed by atoms with van der Waals surface area (Å²) in [6.45, 7) is 1.82. The van der Waals surface area contributed by atoms with E-state index in [4.69, 9.17) is 4.74 Å². The number of amides is 2. The minimum Gasteiger partial charge on any atom is -0.375 e. The van der Waals surface area contributed by atoms with Crippen LogP contribution in [0, 0.1) is 5.82 Å². The average molecular weight is 326 g/mol. The fourth-order valence-electron chi connectivity index (χ4n) is 2.66. The summed E-state index contributed by atoms with van der Waals surface area (Å²) >= 11 is 1.91. The number of hydrogen-bond donors (Lipinski definition) is 2. The third kappa shape index (κ3) is 4.61. The van der Waals surface area contributed by atoms with Crippen LogP contribution in [-0.2, 0) is 4.74 Å². The second-order valence-corrected chi connectivity index (χ2v) is 6.70. The summed E-state index contributed by atoms with van der Waals surface area (Å²) in [5.41, 5.74) is 0.451. The van der Waals surface area contributed by atoms with Crippen molar-refractivity contribution in [3.05, 3.63) is 35.6 Å². The van der Waals surface area contributed by atoms with E-state index in [9.17, 15) is 9.18 Å². The molecule has 0 saturated carbocycles. The molecule has 2 N–H and O–H groups in total. The Balaban J connectivity index is 1.92. The standard InChI is InChI=1S/C16H23FN2O2S/c1-11(15(21-2)13-5-3-4-6-14(13)17)18-16(20)19-12-7-9-22-10-8-12/h3-6,11-12,15H,7-10H2,1-2H3,(H2,18,19,20)/t11-,15+/m1/s1. The first kappa shape index (κ1) is 17.1. The smallest absolute Gasteiger partial charge is 0.315 e. The summed E-state index contributed by atoms with van der Waals surface area (Å²) < 4.78 is 19.3. The molecule has 6 heteroatoms. The van der Waals surface area contributed by atoms with E-state index in [0.29, 0.717) is 5.56 Å². The summed E-state index contributed by atoms with van der Waals surface area (Å²) in [5.74, 6) is 1.83. The fraction of sp³-hybridized carbons (Fsp3) is 0.562. The van der Waals surface area contributed by atoms with Crippen LogP contribution in [0.25, 0.3) is 0 Å². The van der Waals surface area contributed by atoms with Gasteiger partial charge in [0.25, 0.3) is 0 Å². The lowest BCUT2D eigenvalue weighted by Gasteiger charge is -2.27. The van der Waals surface area contributed by atoms with Crippen molar-refractivity contribution in [3.63, 3.8) is 0 Å². The van der Waals surface area contributed by atoms with E-state index in [1.807, 2.05) is 18.7 Å². The van der Waals surface area contributed by atoms with E-state index in [1.165, 1.54) is 13.2 Å². The predicted molar refractivity (Wildman–Crippen MR) is 87.6 cm³/mol. The van der Waals surface area contributed by atoms with Crippen LogP contribution in [0.2, 0.25) is 0 Å². The van der Waals surface area contributed by atoms with Crippen LogP contribution >= 0.6 is 11.8 Å². The molecule has 122 valence electrons. The van der Waals surface area contributed by atoms with Crippen molar-refractivity contribution in [2.45, 2.75) is 38.0 Å². The Morgan fingerprint density at radius 3 is 2.68 bits per heavy atom. The quantitative estimate of drug-likeness (QED) is 0.874. The minimum absolute atomic E-state index is 0.220. The number of methoxy groups -OCH3 is 1. The first-order chi connectivity index (χ1) is 10.6. The van der Waals surface area contributed by atoms with E-state index in [1.54, 1.807) is 18.2 Å². The van der Waals surface area contributed by atoms with Crippen molar-refractivity contribution in [2.75, 3.05) is 18.6 Å². The monoisotopic (exact) mass is 326 g/mol. The summed E-state index contributed by atoms with van der Waals surface area (Å²) in [4.78, 5) is 12.1. The molecule has 1 aliphatic rings. The van der Waals surface area contributed by atoms with Crippen molar-refractivity contribution in [1.82, 2.24) is 10.6 Å². The van der Waals surface area contributed by atoms with Crippen LogP contribution in [0.4, 0.5) is 9.18 Å². The van der Waals surface area contributed by atoms with Crippen LogP contribution in [0.15, 0.2) is 24.3 Å². The highest BCUT2D eigenvalue weighted by Gasteiger charge is 2.24. The van der Waals surface area contributed by atoms with Gasteiger partial charge in [0.2, 0.25) is 0 Å². The maximum atomic E-state index is 13.9. The van der Waals surface area contributed by atoms with Crippen molar-refractivity contribution in [3.8, 4) is 0 Å². The van der Waals surface area contributed by atoms with Gasteiger partial charge in [0.15, 0.2) is 0 Å². The van der Waals surface area contributed by atoms with Crippen molar-refractivity contribution in [2.24, 2.45) is 0 Å². The normalized spacial score (nSPS) is 18.5. The molecule has 2 amide bonds. The molecule has 1 aromatic carbocycles. The van der Waals surface area contributed by atoms with Crippen LogP contribution in [0.5, 0.6) is 0 Å². The Morgan fingerprint density at radius 1 is 1.36 bits per heavy atom. The lowest BCUT2D eigenvalue weighted by Crippen LogP contribution is -2.48. The largest absolute Gasteiger partial charge is 0.375 e. The highest BCUT2D eigenvalue weighted by molar-refractivity contribution is 7.99. The molecule has 1 aliphatic heterocycles. The third-order valence-electron chi connectivity index (χ3n) is 3.84. The zero-order valence-corrected chi connectivity index (χ0v) is 13.8. The highest BCUT2D eigenvalue weighted by Crippen LogP contribution is 2.23. The van der Waals surface area contributed by atoms with Gasteiger partial charge in [0, 0.05) is 18.7 Å². The molecule has 0 aliphatic carbocycles. The Labute approximate surface area is 135 Å². The Hall–Kier alpha value is -1.27. The molecule has 2 rings (SSSR count). The number of halogens is 1. The van der Waals surface area contributed by atoms with Gasteiger partial charge in [-0.15, -0.1) is 0 Å². The minimum atomic E-state index is -0.520. The van der Waals surface area contributed by atoms with E-state index < -0.39 is 6.10 Å². The molecule has 4 nitrogen and oxygen atoms in total. The molecule has 0 aromatic heterocycles. The number of rotatable bonds is 5. The lowest BCUT2D eigenvalue weighted by molar-refractivity contribution is 0.0731. The molecule has 0 bridgehead atoms. The van der Waals surface area contributed by atoms with Crippen LogP contribution < -0.4 is 10.6 Å². The van der Waals surface area contributed by atoms with Crippen LogP contribution in [0.3, 0.4) is 0 Å².